The monoisotopic (exact) mass is 277 g/mol. The van der Waals surface area contributed by atoms with Gasteiger partial charge in [0.05, 0.1) is 0 Å². The summed E-state index contributed by atoms with van der Waals surface area (Å²) in [5.41, 5.74) is 0.618. The first-order chi connectivity index (χ1) is 6.18. The van der Waals surface area contributed by atoms with Crippen molar-refractivity contribution in [3.8, 4) is 0 Å². The minimum absolute atomic E-state index is 0.117. The minimum atomic E-state index is 0.117. The van der Waals surface area contributed by atoms with Crippen LogP contribution in [-0.2, 0) is 0 Å². The van der Waals surface area contributed by atoms with Crippen molar-refractivity contribution in [3.63, 3.8) is 0 Å². The Morgan fingerprint density at radius 3 is 2.77 bits per heavy atom. The molecule has 66 valence electrons. The zero-order chi connectivity index (χ0) is 9.42. The molecule has 0 atom stereocenters. The molecule has 0 saturated heterocycles. The Morgan fingerprint density at radius 2 is 2.00 bits per heavy atom. The highest BCUT2D eigenvalue weighted by Gasteiger charge is 2.07. The number of nitrogens with zero attached hydrogens (tertiary/aromatic N) is 3. The van der Waals surface area contributed by atoms with Gasteiger partial charge in [-0.2, -0.15) is 0 Å². The van der Waals surface area contributed by atoms with Crippen LogP contribution in [-0.4, -0.2) is 15.0 Å². The fourth-order valence-corrected chi connectivity index (χ4v) is 1.83. The van der Waals surface area contributed by atoms with Gasteiger partial charge in [-0.05, 0) is 33.6 Å². The molecule has 0 aliphatic rings. The smallest absolute Gasteiger partial charge is 0.224 e. The summed E-state index contributed by atoms with van der Waals surface area (Å²) >= 11 is 14.7. The average molecular weight is 279 g/mol. The largest absolute Gasteiger partial charge is 0.247 e. The number of hydrogen-bond acceptors (Lipinski definition) is 3. The van der Waals surface area contributed by atoms with Gasteiger partial charge in [-0.25, -0.2) is 15.0 Å². The Labute approximate surface area is 92.2 Å². The molecule has 0 radical (unpaired) electrons. The summed E-state index contributed by atoms with van der Waals surface area (Å²) in [5.74, 6) is 0. The van der Waals surface area contributed by atoms with E-state index < -0.39 is 0 Å². The van der Waals surface area contributed by atoms with E-state index in [1.165, 1.54) is 0 Å². The van der Waals surface area contributed by atoms with Gasteiger partial charge in [0.2, 0.25) is 5.28 Å². The molecule has 0 aliphatic heterocycles. The van der Waals surface area contributed by atoms with Crippen LogP contribution in [0.25, 0.3) is 10.9 Å². The van der Waals surface area contributed by atoms with E-state index in [-0.39, 0.29) is 5.28 Å². The zero-order valence-corrected chi connectivity index (χ0v) is 9.23. The van der Waals surface area contributed by atoms with Crippen molar-refractivity contribution < 1.29 is 0 Å². The molecule has 0 N–H and O–H groups in total. The zero-order valence-electron chi connectivity index (χ0n) is 6.13. The summed E-state index contributed by atoms with van der Waals surface area (Å²) in [4.78, 5) is 11.8. The van der Waals surface area contributed by atoms with Crippen LogP contribution in [0.3, 0.4) is 0 Å². The van der Waals surface area contributed by atoms with Gasteiger partial charge < -0.3 is 0 Å². The maximum atomic E-state index is 5.85. The first kappa shape index (κ1) is 9.12. The minimum Gasteiger partial charge on any atom is -0.247 e. The first-order valence-electron chi connectivity index (χ1n) is 3.32. The fraction of sp³-hybridized carbons (Fsp3) is 0. The highest BCUT2D eigenvalue weighted by Crippen LogP contribution is 2.25. The topological polar surface area (TPSA) is 38.7 Å². The molecule has 2 aromatic rings. The lowest BCUT2D eigenvalue weighted by Gasteiger charge is -2.00. The third-order valence-corrected chi connectivity index (χ3v) is 2.53. The van der Waals surface area contributed by atoms with Gasteiger partial charge in [0.1, 0.15) is 15.3 Å². The molecule has 2 aromatic heterocycles. The number of pyridine rings is 1. The van der Waals surface area contributed by atoms with Crippen molar-refractivity contribution in [3.05, 3.63) is 27.3 Å². The predicted molar refractivity (Wildman–Crippen MR) is 55.1 cm³/mol. The Kier molecular flexibility index (Phi) is 2.36. The van der Waals surface area contributed by atoms with E-state index in [9.17, 15) is 0 Å². The third kappa shape index (κ3) is 1.61. The summed E-state index contributed by atoms with van der Waals surface area (Å²) in [5, 5.41) is 1.18. The summed E-state index contributed by atoms with van der Waals surface area (Å²) in [6.45, 7) is 0. The SMILES string of the molecule is Clc1nc(Cl)c2ccnc(Br)c2n1. The van der Waals surface area contributed by atoms with Crippen molar-refractivity contribution in [2.75, 3.05) is 0 Å². The Bertz CT molecular complexity index is 474. The first-order valence-corrected chi connectivity index (χ1v) is 4.86. The maximum absolute atomic E-state index is 5.85. The molecule has 0 aliphatic carbocycles. The molecular weight excluding hydrogens is 277 g/mol. The lowest BCUT2D eigenvalue weighted by atomic mass is 10.3. The predicted octanol–water partition coefficient (Wildman–Crippen LogP) is 3.09. The molecule has 0 fully saturated rings. The van der Waals surface area contributed by atoms with Crippen LogP contribution in [0, 0.1) is 0 Å². The normalized spacial score (nSPS) is 10.7. The lowest BCUT2D eigenvalue weighted by Crippen LogP contribution is -1.89. The van der Waals surface area contributed by atoms with Crippen molar-refractivity contribution in [2.24, 2.45) is 0 Å². The number of hydrogen-bond donors (Lipinski definition) is 0. The lowest BCUT2D eigenvalue weighted by molar-refractivity contribution is 1.19. The molecule has 0 saturated carbocycles. The van der Waals surface area contributed by atoms with E-state index in [2.05, 4.69) is 30.9 Å². The van der Waals surface area contributed by atoms with Crippen LogP contribution in [0.1, 0.15) is 0 Å². The van der Waals surface area contributed by atoms with Crippen molar-refractivity contribution >= 4 is 50.0 Å². The van der Waals surface area contributed by atoms with Crippen LogP contribution in [0.5, 0.6) is 0 Å². The van der Waals surface area contributed by atoms with Crippen LogP contribution in [0.2, 0.25) is 10.4 Å². The molecular formula is C7H2BrCl2N3. The van der Waals surface area contributed by atoms with Gasteiger partial charge in [-0.15, -0.1) is 0 Å². The van der Waals surface area contributed by atoms with Crippen molar-refractivity contribution in [1.82, 2.24) is 15.0 Å². The number of aromatic nitrogens is 3. The molecule has 6 heteroatoms. The molecule has 2 rings (SSSR count). The molecule has 0 spiro atoms. The van der Waals surface area contributed by atoms with Crippen molar-refractivity contribution in [1.29, 1.82) is 0 Å². The second kappa shape index (κ2) is 3.36. The van der Waals surface area contributed by atoms with E-state index in [0.29, 0.717) is 15.3 Å². The summed E-state index contributed by atoms with van der Waals surface area (Å²) in [6.07, 6.45) is 1.62. The standard InChI is InChI=1S/C7H2BrCl2N3/c8-5-4-3(1-2-11-5)6(9)13-7(10)12-4/h1-2H. The molecule has 3 nitrogen and oxygen atoms in total. The molecule has 2 heterocycles. The summed E-state index contributed by atoms with van der Waals surface area (Å²) < 4.78 is 0.608. The van der Waals surface area contributed by atoms with Gasteiger partial charge in [-0.3, -0.25) is 0 Å². The molecule has 0 amide bonds. The van der Waals surface area contributed by atoms with Crippen LogP contribution in [0.4, 0.5) is 0 Å². The number of rotatable bonds is 0. The van der Waals surface area contributed by atoms with E-state index in [0.717, 1.165) is 5.39 Å². The number of fused-ring (bicyclic) bond motifs is 1. The Morgan fingerprint density at radius 1 is 1.23 bits per heavy atom. The third-order valence-electron chi connectivity index (χ3n) is 1.50. The van der Waals surface area contributed by atoms with E-state index >= 15 is 0 Å². The van der Waals surface area contributed by atoms with E-state index in [4.69, 9.17) is 23.2 Å². The Hall–Kier alpha value is -0.450. The van der Waals surface area contributed by atoms with Crippen LogP contribution < -0.4 is 0 Å². The quantitative estimate of drug-likeness (QED) is 0.422. The van der Waals surface area contributed by atoms with E-state index in [1.54, 1.807) is 12.3 Å². The van der Waals surface area contributed by atoms with Gasteiger partial charge in [-0.1, -0.05) is 11.6 Å². The second-order valence-electron chi connectivity index (χ2n) is 2.28. The maximum Gasteiger partial charge on any atom is 0.224 e. The molecule has 0 aromatic carbocycles. The van der Waals surface area contributed by atoms with Crippen LogP contribution >= 0.6 is 39.1 Å². The van der Waals surface area contributed by atoms with Gasteiger partial charge >= 0.3 is 0 Å². The van der Waals surface area contributed by atoms with Crippen LogP contribution in [0.15, 0.2) is 16.9 Å². The summed E-state index contributed by atoms with van der Waals surface area (Å²) in [6, 6.07) is 1.73. The van der Waals surface area contributed by atoms with Gasteiger partial charge in [0.25, 0.3) is 0 Å². The second-order valence-corrected chi connectivity index (χ2v) is 3.73. The summed E-state index contributed by atoms with van der Waals surface area (Å²) in [7, 11) is 0. The van der Waals surface area contributed by atoms with Gasteiger partial charge in [0.15, 0.2) is 0 Å². The molecule has 0 bridgehead atoms. The Balaban J connectivity index is 2.94. The number of halogens is 3. The average Bonchev–Trinajstić information content (AvgIpc) is 2.07. The molecule has 0 unspecified atom stereocenters. The molecule has 13 heavy (non-hydrogen) atoms. The highest BCUT2D eigenvalue weighted by molar-refractivity contribution is 9.10. The fourth-order valence-electron chi connectivity index (χ4n) is 0.960. The van der Waals surface area contributed by atoms with E-state index in [1.807, 2.05) is 0 Å². The highest BCUT2D eigenvalue weighted by atomic mass is 79.9. The van der Waals surface area contributed by atoms with Crippen molar-refractivity contribution in [2.45, 2.75) is 0 Å². The van der Waals surface area contributed by atoms with Gasteiger partial charge in [0, 0.05) is 11.6 Å².